The van der Waals surface area contributed by atoms with E-state index in [1.165, 1.54) is 6.08 Å². The molecule has 0 saturated carbocycles. The number of amides is 2. The first-order chi connectivity index (χ1) is 17.5. The summed E-state index contributed by atoms with van der Waals surface area (Å²) in [6, 6.07) is 17.8. The van der Waals surface area contributed by atoms with E-state index in [0.29, 0.717) is 47.2 Å². The molecule has 188 valence electrons. The first-order valence-electron chi connectivity index (χ1n) is 11.3. The number of hydrogen-bond acceptors (Lipinski definition) is 6. The molecule has 0 aliphatic carbocycles. The Morgan fingerprint density at radius 3 is 2.11 bits per heavy atom. The van der Waals surface area contributed by atoms with E-state index >= 15 is 0 Å². The standard InChI is InChI=1S/C28H30N2O6/c1-33-23-12-9-19(17-25(23)35-3)11-14-27(31)30-22-8-6-5-7-21(22)28(32)29-16-15-20-10-13-24(34-2)26(18-20)36-4/h5-14,17-18H,15-16H2,1-4H3,(H,29,32)(H,30,31)/b14-11+. The lowest BCUT2D eigenvalue weighted by atomic mass is 10.1. The largest absolute Gasteiger partial charge is 0.493 e. The van der Waals surface area contributed by atoms with Gasteiger partial charge in [0.05, 0.1) is 39.7 Å². The zero-order valence-electron chi connectivity index (χ0n) is 20.8. The molecule has 0 heterocycles. The molecule has 0 spiro atoms. The minimum Gasteiger partial charge on any atom is -0.493 e. The molecule has 0 saturated heterocycles. The van der Waals surface area contributed by atoms with E-state index in [9.17, 15) is 9.59 Å². The van der Waals surface area contributed by atoms with Gasteiger partial charge >= 0.3 is 0 Å². The Bertz CT molecular complexity index is 1240. The summed E-state index contributed by atoms with van der Waals surface area (Å²) < 4.78 is 21.1. The van der Waals surface area contributed by atoms with E-state index < -0.39 is 0 Å². The van der Waals surface area contributed by atoms with Crippen molar-refractivity contribution in [1.82, 2.24) is 5.32 Å². The third-order valence-corrected chi connectivity index (χ3v) is 5.41. The van der Waals surface area contributed by atoms with Gasteiger partial charge in [0.2, 0.25) is 5.91 Å². The average molecular weight is 491 g/mol. The minimum absolute atomic E-state index is 0.282. The summed E-state index contributed by atoms with van der Waals surface area (Å²) in [6.45, 7) is 0.413. The molecule has 2 amide bonds. The number of rotatable bonds is 11. The summed E-state index contributed by atoms with van der Waals surface area (Å²) in [5, 5.41) is 5.68. The molecule has 0 aliphatic heterocycles. The van der Waals surface area contributed by atoms with Crippen LogP contribution in [0.3, 0.4) is 0 Å². The number of nitrogens with one attached hydrogen (secondary N) is 2. The van der Waals surface area contributed by atoms with Crippen molar-refractivity contribution in [3.8, 4) is 23.0 Å². The Hall–Kier alpha value is -4.46. The lowest BCUT2D eigenvalue weighted by Gasteiger charge is -2.12. The number of carbonyl (C=O) groups excluding carboxylic acids is 2. The lowest BCUT2D eigenvalue weighted by molar-refractivity contribution is -0.111. The smallest absolute Gasteiger partial charge is 0.253 e. The Morgan fingerprint density at radius 2 is 1.42 bits per heavy atom. The molecule has 0 atom stereocenters. The third-order valence-electron chi connectivity index (χ3n) is 5.41. The predicted octanol–water partition coefficient (Wildman–Crippen LogP) is 4.35. The monoisotopic (exact) mass is 490 g/mol. The second-order valence-electron chi connectivity index (χ2n) is 7.68. The van der Waals surface area contributed by atoms with Crippen LogP contribution < -0.4 is 29.6 Å². The van der Waals surface area contributed by atoms with Crippen molar-refractivity contribution in [2.45, 2.75) is 6.42 Å². The van der Waals surface area contributed by atoms with Crippen LogP contribution in [0, 0.1) is 0 Å². The fourth-order valence-corrected chi connectivity index (χ4v) is 3.54. The number of anilines is 1. The average Bonchev–Trinajstić information content (AvgIpc) is 2.91. The quantitative estimate of drug-likeness (QED) is 0.388. The molecule has 3 aromatic carbocycles. The van der Waals surface area contributed by atoms with Crippen molar-refractivity contribution in [2.24, 2.45) is 0 Å². The van der Waals surface area contributed by atoms with Crippen molar-refractivity contribution in [1.29, 1.82) is 0 Å². The third kappa shape index (κ3) is 6.79. The maximum absolute atomic E-state index is 12.8. The maximum atomic E-state index is 12.8. The highest BCUT2D eigenvalue weighted by Crippen LogP contribution is 2.28. The van der Waals surface area contributed by atoms with Crippen molar-refractivity contribution < 1.29 is 28.5 Å². The van der Waals surface area contributed by atoms with Crippen LogP contribution in [0.5, 0.6) is 23.0 Å². The summed E-state index contributed by atoms with van der Waals surface area (Å²) >= 11 is 0. The fourth-order valence-electron chi connectivity index (χ4n) is 3.54. The number of benzene rings is 3. The molecule has 0 aromatic heterocycles. The second-order valence-corrected chi connectivity index (χ2v) is 7.68. The Kier molecular flexibility index (Phi) is 9.33. The first kappa shape index (κ1) is 26.2. The number of para-hydroxylation sites is 1. The number of carbonyl (C=O) groups is 2. The van der Waals surface area contributed by atoms with Gasteiger partial charge in [-0.2, -0.15) is 0 Å². The Morgan fingerprint density at radius 1 is 0.778 bits per heavy atom. The van der Waals surface area contributed by atoms with E-state index in [2.05, 4.69) is 10.6 Å². The number of hydrogen-bond donors (Lipinski definition) is 2. The van der Waals surface area contributed by atoms with Crippen LogP contribution in [0.25, 0.3) is 6.08 Å². The molecule has 3 aromatic rings. The lowest BCUT2D eigenvalue weighted by Crippen LogP contribution is -2.27. The first-order valence-corrected chi connectivity index (χ1v) is 11.3. The van der Waals surface area contributed by atoms with Gasteiger partial charge in [0.15, 0.2) is 23.0 Å². The van der Waals surface area contributed by atoms with Gasteiger partial charge in [-0.3, -0.25) is 9.59 Å². The van der Waals surface area contributed by atoms with Gasteiger partial charge in [0, 0.05) is 12.6 Å². The normalized spacial score (nSPS) is 10.6. The van der Waals surface area contributed by atoms with E-state index in [1.807, 2.05) is 24.3 Å². The van der Waals surface area contributed by atoms with E-state index in [0.717, 1.165) is 11.1 Å². The van der Waals surface area contributed by atoms with Gasteiger partial charge in [-0.1, -0.05) is 24.3 Å². The highest BCUT2D eigenvalue weighted by Gasteiger charge is 2.12. The van der Waals surface area contributed by atoms with Gasteiger partial charge in [0.25, 0.3) is 5.91 Å². The number of methoxy groups -OCH3 is 4. The predicted molar refractivity (Wildman–Crippen MR) is 139 cm³/mol. The summed E-state index contributed by atoms with van der Waals surface area (Å²) in [7, 11) is 6.27. The van der Waals surface area contributed by atoms with Crippen molar-refractivity contribution in [3.05, 3.63) is 83.4 Å². The van der Waals surface area contributed by atoms with Crippen molar-refractivity contribution in [3.63, 3.8) is 0 Å². The molecule has 8 nitrogen and oxygen atoms in total. The molecule has 0 fully saturated rings. The molecule has 8 heteroatoms. The van der Waals surface area contributed by atoms with Crippen LogP contribution in [0.1, 0.15) is 21.5 Å². The van der Waals surface area contributed by atoms with Gasteiger partial charge in [0.1, 0.15) is 0 Å². The summed E-state index contributed by atoms with van der Waals surface area (Å²) in [5.74, 6) is 1.80. The highest BCUT2D eigenvalue weighted by atomic mass is 16.5. The SMILES string of the molecule is COc1ccc(/C=C/C(=O)Nc2ccccc2C(=O)NCCc2ccc(OC)c(OC)c2)cc1OC. The van der Waals surface area contributed by atoms with Gasteiger partial charge in [-0.25, -0.2) is 0 Å². The summed E-state index contributed by atoms with van der Waals surface area (Å²) in [6.07, 6.45) is 3.66. The van der Waals surface area contributed by atoms with Gasteiger partial charge < -0.3 is 29.6 Å². The Labute approximate surface area is 210 Å². The number of ether oxygens (including phenoxy) is 4. The Balaban J connectivity index is 1.61. The molecule has 0 bridgehead atoms. The fraction of sp³-hybridized carbons (Fsp3) is 0.214. The highest BCUT2D eigenvalue weighted by molar-refractivity contribution is 6.07. The molecule has 0 unspecified atom stereocenters. The molecule has 3 rings (SSSR count). The van der Waals surface area contributed by atoms with E-state index in [1.54, 1.807) is 70.9 Å². The molecule has 0 radical (unpaired) electrons. The van der Waals surface area contributed by atoms with E-state index in [4.69, 9.17) is 18.9 Å². The van der Waals surface area contributed by atoms with Crippen LogP contribution in [0.4, 0.5) is 5.69 Å². The zero-order chi connectivity index (χ0) is 25.9. The van der Waals surface area contributed by atoms with Crippen molar-refractivity contribution >= 4 is 23.6 Å². The van der Waals surface area contributed by atoms with Crippen LogP contribution in [-0.2, 0) is 11.2 Å². The van der Waals surface area contributed by atoms with Crippen LogP contribution in [0.15, 0.2) is 66.7 Å². The van der Waals surface area contributed by atoms with Crippen LogP contribution in [-0.4, -0.2) is 46.8 Å². The zero-order valence-corrected chi connectivity index (χ0v) is 20.8. The molecular weight excluding hydrogens is 460 g/mol. The van der Waals surface area contributed by atoms with Gasteiger partial charge in [-0.05, 0) is 60.0 Å². The van der Waals surface area contributed by atoms with Crippen LogP contribution in [0.2, 0.25) is 0 Å². The van der Waals surface area contributed by atoms with Gasteiger partial charge in [-0.15, -0.1) is 0 Å². The van der Waals surface area contributed by atoms with E-state index in [-0.39, 0.29) is 11.8 Å². The molecule has 2 N–H and O–H groups in total. The molecular formula is C28H30N2O6. The maximum Gasteiger partial charge on any atom is 0.253 e. The summed E-state index contributed by atoms with van der Waals surface area (Å²) in [4.78, 5) is 25.4. The topological polar surface area (TPSA) is 95.1 Å². The molecule has 36 heavy (non-hydrogen) atoms. The minimum atomic E-state index is -0.365. The van der Waals surface area contributed by atoms with Crippen molar-refractivity contribution in [2.75, 3.05) is 40.3 Å². The second kappa shape index (κ2) is 12.9. The summed E-state index contributed by atoms with van der Waals surface area (Å²) in [5.41, 5.74) is 2.56. The molecule has 0 aliphatic rings. The van der Waals surface area contributed by atoms with Crippen LogP contribution >= 0.6 is 0 Å².